The summed E-state index contributed by atoms with van der Waals surface area (Å²) in [5.74, 6) is -0.662. The van der Waals surface area contributed by atoms with Crippen LogP contribution in [0, 0.1) is 0 Å². The van der Waals surface area contributed by atoms with E-state index in [1.807, 2.05) is 0 Å². The van der Waals surface area contributed by atoms with Crippen LogP contribution >= 0.6 is 11.6 Å². The Morgan fingerprint density at radius 3 is 2.73 bits per heavy atom. The highest BCUT2D eigenvalue weighted by Gasteiger charge is 2.12. The predicted molar refractivity (Wildman–Crippen MR) is 58.8 cm³/mol. The lowest BCUT2D eigenvalue weighted by Crippen LogP contribution is -2.16. The van der Waals surface area contributed by atoms with Crippen molar-refractivity contribution in [2.45, 2.75) is 0 Å². The van der Waals surface area contributed by atoms with Gasteiger partial charge >= 0.3 is 0 Å². The number of carbonyl (C=O) groups excluding carboxylic acids is 1. The van der Waals surface area contributed by atoms with Crippen molar-refractivity contribution < 1.29 is 9.18 Å². The van der Waals surface area contributed by atoms with Gasteiger partial charge in [0.2, 0.25) is 0 Å². The van der Waals surface area contributed by atoms with Crippen LogP contribution in [0.4, 0.5) is 15.8 Å². The number of alkyl halides is 1. The van der Waals surface area contributed by atoms with Gasteiger partial charge in [-0.3, -0.25) is 4.79 Å². The maximum Gasteiger partial charge on any atom is 0.250 e. The molecule has 0 heterocycles. The molecule has 0 bridgehead atoms. The third kappa shape index (κ3) is 2.73. The highest BCUT2D eigenvalue weighted by molar-refractivity contribution is 6.34. The van der Waals surface area contributed by atoms with E-state index in [1.54, 1.807) is 0 Å². The van der Waals surface area contributed by atoms with Crippen molar-refractivity contribution in [2.24, 2.45) is 5.73 Å². The number of hydrogen-bond acceptors (Lipinski definition) is 3. The lowest BCUT2D eigenvalue weighted by atomic mass is 10.1. The van der Waals surface area contributed by atoms with Crippen LogP contribution < -0.4 is 16.8 Å². The van der Waals surface area contributed by atoms with Crippen molar-refractivity contribution in [2.75, 3.05) is 24.3 Å². The molecule has 0 aromatic heterocycles. The number of halogens is 2. The molecule has 4 nitrogen and oxygen atoms in total. The summed E-state index contributed by atoms with van der Waals surface area (Å²) in [6.45, 7) is -0.511. The number of primary amides is 1. The molecule has 0 aliphatic carbocycles. The van der Waals surface area contributed by atoms with E-state index >= 15 is 0 Å². The zero-order valence-corrected chi connectivity index (χ0v) is 8.64. The fourth-order valence-corrected chi connectivity index (χ4v) is 1.47. The number of benzene rings is 1. The monoisotopic (exact) mass is 231 g/mol. The minimum absolute atomic E-state index is 0.0594. The molecular formula is C9H11ClFN3O. The first-order valence-electron chi connectivity index (χ1n) is 4.25. The van der Waals surface area contributed by atoms with Crippen molar-refractivity contribution in [3.8, 4) is 0 Å². The van der Waals surface area contributed by atoms with Crippen molar-refractivity contribution >= 4 is 28.9 Å². The molecule has 0 spiro atoms. The van der Waals surface area contributed by atoms with E-state index in [0.29, 0.717) is 11.4 Å². The van der Waals surface area contributed by atoms with E-state index < -0.39 is 12.6 Å². The topological polar surface area (TPSA) is 81.1 Å². The molecule has 0 radical (unpaired) electrons. The van der Waals surface area contributed by atoms with Gasteiger partial charge in [-0.2, -0.15) is 0 Å². The van der Waals surface area contributed by atoms with Gasteiger partial charge in [0.05, 0.1) is 16.3 Å². The summed E-state index contributed by atoms with van der Waals surface area (Å²) in [6.07, 6.45) is 0. The summed E-state index contributed by atoms with van der Waals surface area (Å²) in [6, 6.07) is 2.86. The Morgan fingerprint density at radius 2 is 2.20 bits per heavy atom. The van der Waals surface area contributed by atoms with Gasteiger partial charge in [0.25, 0.3) is 5.91 Å². The lowest BCUT2D eigenvalue weighted by Gasteiger charge is -2.11. The molecule has 0 aliphatic heterocycles. The SMILES string of the molecule is NC(=O)c1cc(N)cc(Cl)c1NCCF. The largest absolute Gasteiger partial charge is 0.399 e. The second kappa shape index (κ2) is 4.84. The van der Waals surface area contributed by atoms with Crippen LogP contribution in [0.15, 0.2) is 12.1 Å². The van der Waals surface area contributed by atoms with E-state index in [4.69, 9.17) is 23.1 Å². The number of hydrogen-bond donors (Lipinski definition) is 3. The van der Waals surface area contributed by atoms with Crippen LogP contribution in [0.5, 0.6) is 0 Å². The Balaban J connectivity index is 3.15. The summed E-state index contributed by atoms with van der Waals surface area (Å²) in [4.78, 5) is 11.1. The van der Waals surface area contributed by atoms with E-state index in [-0.39, 0.29) is 17.1 Å². The van der Waals surface area contributed by atoms with Crippen molar-refractivity contribution in [1.82, 2.24) is 0 Å². The van der Waals surface area contributed by atoms with E-state index in [9.17, 15) is 9.18 Å². The minimum atomic E-state index is -0.662. The Hall–Kier alpha value is -1.49. The van der Waals surface area contributed by atoms with Crippen LogP contribution in [0.25, 0.3) is 0 Å². The fraction of sp³-hybridized carbons (Fsp3) is 0.222. The van der Waals surface area contributed by atoms with E-state index in [0.717, 1.165) is 0 Å². The molecule has 5 N–H and O–H groups in total. The Morgan fingerprint density at radius 1 is 1.53 bits per heavy atom. The third-order valence-electron chi connectivity index (χ3n) is 1.77. The van der Waals surface area contributed by atoms with Crippen LogP contribution in [-0.2, 0) is 0 Å². The lowest BCUT2D eigenvalue weighted by molar-refractivity contribution is 0.100. The summed E-state index contributed by atoms with van der Waals surface area (Å²) < 4.78 is 12.0. The second-order valence-corrected chi connectivity index (χ2v) is 3.31. The quantitative estimate of drug-likeness (QED) is 0.686. The fourth-order valence-electron chi connectivity index (χ4n) is 1.17. The maximum absolute atomic E-state index is 12.0. The smallest absolute Gasteiger partial charge is 0.250 e. The molecule has 0 fully saturated rings. The Kier molecular flexibility index (Phi) is 3.74. The molecule has 1 aromatic carbocycles. The molecule has 0 saturated carbocycles. The number of amides is 1. The number of carbonyl (C=O) groups is 1. The van der Waals surface area contributed by atoms with Gasteiger partial charge in [-0.1, -0.05) is 11.6 Å². The van der Waals surface area contributed by atoms with Gasteiger partial charge in [0.1, 0.15) is 6.67 Å². The van der Waals surface area contributed by atoms with Gasteiger partial charge < -0.3 is 16.8 Å². The molecule has 6 heteroatoms. The normalized spacial score (nSPS) is 10.0. The number of rotatable bonds is 4. The first kappa shape index (κ1) is 11.6. The Labute approximate surface area is 91.4 Å². The summed E-state index contributed by atoms with van der Waals surface area (Å²) in [7, 11) is 0. The highest BCUT2D eigenvalue weighted by Crippen LogP contribution is 2.28. The van der Waals surface area contributed by atoms with Crippen molar-refractivity contribution in [3.63, 3.8) is 0 Å². The maximum atomic E-state index is 12.0. The molecule has 1 aromatic rings. The van der Waals surface area contributed by atoms with Crippen molar-refractivity contribution in [1.29, 1.82) is 0 Å². The van der Waals surface area contributed by atoms with Gasteiger partial charge in [0.15, 0.2) is 0 Å². The van der Waals surface area contributed by atoms with Gasteiger partial charge in [-0.15, -0.1) is 0 Å². The first-order chi connectivity index (χ1) is 7.06. The predicted octanol–water partition coefficient (Wildman–Crippen LogP) is 1.40. The molecule has 0 atom stereocenters. The zero-order chi connectivity index (χ0) is 11.4. The average molecular weight is 232 g/mol. The molecule has 82 valence electrons. The number of anilines is 2. The first-order valence-corrected chi connectivity index (χ1v) is 4.62. The zero-order valence-electron chi connectivity index (χ0n) is 7.89. The molecule has 1 amide bonds. The highest BCUT2D eigenvalue weighted by atomic mass is 35.5. The molecule has 0 unspecified atom stereocenters. The summed E-state index contributed by atoms with van der Waals surface area (Å²) in [5, 5.41) is 2.92. The Bertz CT molecular complexity index is 384. The average Bonchev–Trinajstić information content (AvgIpc) is 2.15. The van der Waals surface area contributed by atoms with E-state index in [1.165, 1.54) is 12.1 Å². The van der Waals surface area contributed by atoms with Gasteiger partial charge in [-0.25, -0.2) is 4.39 Å². The van der Waals surface area contributed by atoms with Crippen molar-refractivity contribution in [3.05, 3.63) is 22.7 Å². The molecule has 0 saturated heterocycles. The number of nitrogens with two attached hydrogens (primary N) is 2. The molecular weight excluding hydrogens is 221 g/mol. The van der Waals surface area contributed by atoms with Gasteiger partial charge in [0, 0.05) is 12.2 Å². The number of nitrogen functional groups attached to an aromatic ring is 1. The van der Waals surface area contributed by atoms with Crippen LogP contribution in [0.1, 0.15) is 10.4 Å². The van der Waals surface area contributed by atoms with Crippen LogP contribution in [-0.4, -0.2) is 19.1 Å². The molecule has 1 rings (SSSR count). The van der Waals surface area contributed by atoms with E-state index in [2.05, 4.69) is 5.32 Å². The summed E-state index contributed by atoms with van der Waals surface area (Å²) in [5.41, 5.74) is 11.4. The number of nitrogens with one attached hydrogen (secondary N) is 1. The third-order valence-corrected chi connectivity index (χ3v) is 2.07. The van der Waals surface area contributed by atoms with Crippen LogP contribution in [0.3, 0.4) is 0 Å². The van der Waals surface area contributed by atoms with Gasteiger partial charge in [-0.05, 0) is 12.1 Å². The summed E-state index contributed by atoms with van der Waals surface area (Å²) >= 11 is 5.84. The minimum Gasteiger partial charge on any atom is -0.399 e. The molecule has 0 aliphatic rings. The second-order valence-electron chi connectivity index (χ2n) is 2.91. The van der Waals surface area contributed by atoms with Crippen LogP contribution in [0.2, 0.25) is 5.02 Å². The molecule has 15 heavy (non-hydrogen) atoms. The standard InChI is InChI=1S/C9H11ClFN3O/c10-7-4-5(12)3-6(9(13)15)8(7)14-2-1-11/h3-4,14H,1-2,12H2,(H2,13,15).